The van der Waals surface area contributed by atoms with Crippen molar-refractivity contribution >= 4 is 35.0 Å². The van der Waals surface area contributed by atoms with Gasteiger partial charge in [-0.1, -0.05) is 18.5 Å². The molecule has 3 rings (SSSR count). The number of aromatic nitrogens is 2. The first-order valence-electron chi connectivity index (χ1n) is 8.39. The summed E-state index contributed by atoms with van der Waals surface area (Å²) < 4.78 is 1.57. The molecular formula is C17H21ClN6O2. The third-order valence-corrected chi connectivity index (χ3v) is 4.31. The van der Waals surface area contributed by atoms with Crippen LogP contribution in [0.1, 0.15) is 31.7 Å². The minimum atomic E-state index is -0.513. The molecule has 0 saturated carbocycles. The first-order valence-corrected chi connectivity index (χ1v) is 8.77. The number of urea groups is 1. The second-order valence-electron chi connectivity index (χ2n) is 6.15. The Kier molecular flexibility index (Phi) is 5.43. The fourth-order valence-corrected chi connectivity index (χ4v) is 2.90. The van der Waals surface area contributed by atoms with Gasteiger partial charge in [0.25, 0.3) is 0 Å². The smallest absolute Gasteiger partial charge is 0.322 e. The van der Waals surface area contributed by atoms with Gasteiger partial charge in [-0.15, -0.1) is 0 Å². The number of carbonyl (C=O) groups is 2. The molecule has 9 heteroatoms. The number of aryl methyl sites for hydroxylation is 1. The Hall–Kier alpha value is -2.58. The Morgan fingerprint density at radius 3 is 2.77 bits per heavy atom. The zero-order valence-electron chi connectivity index (χ0n) is 14.5. The van der Waals surface area contributed by atoms with Crippen LogP contribution >= 0.6 is 11.6 Å². The maximum absolute atomic E-state index is 12.3. The molecule has 2 atom stereocenters. The number of nitrogens with zero attached hydrogens (tertiary/aromatic N) is 2. The summed E-state index contributed by atoms with van der Waals surface area (Å²) in [6.07, 6.45) is 0.734. The number of benzene rings is 1. The van der Waals surface area contributed by atoms with Gasteiger partial charge in [0.1, 0.15) is 5.82 Å². The van der Waals surface area contributed by atoms with Crippen molar-refractivity contribution in [3.63, 3.8) is 0 Å². The predicted molar refractivity (Wildman–Crippen MR) is 100 cm³/mol. The molecule has 2 unspecified atom stereocenters. The number of hydrogen-bond acceptors (Lipinski definition) is 4. The van der Waals surface area contributed by atoms with Gasteiger partial charge in [0.2, 0.25) is 5.91 Å². The number of anilines is 2. The summed E-state index contributed by atoms with van der Waals surface area (Å²) in [6.45, 7) is 3.83. The van der Waals surface area contributed by atoms with Crippen molar-refractivity contribution in [3.05, 3.63) is 41.0 Å². The van der Waals surface area contributed by atoms with Crippen molar-refractivity contribution in [2.45, 2.75) is 39.0 Å². The second-order valence-corrected chi connectivity index (χ2v) is 6.58. The number of nitrogens with one attached hydrogen (secondary N) is 4. The quantitative estimate of drug-likeness (QED) is 0.659. The van der Waals surface area contributed by atoms with Gasteiger partial charge in [0, 0.05) is 29.2 Å². The van der Waals surface area contributed by atoms with Crippen molar-refractivity contribution in [1.82, 2.24) is 20.4 Å². The van der Waals surface area contributed by atoms with E-state index in [4.69, 9.17) is 11.6 Å². The highest BCUT2D eigenvalue weighted by Crippen LogP contribution is 2.19. The largest absolute Gasteiger partial charge is 0.324 e. The van der Waals surface area contributed by atoms with Crippen LogP contribution in [-0.2, 0) is 4.79 Å². The van der Waals surface area contributed by atoms with Crippen LogP contribution < -0.4 is 21.3 Å². The topological polar surface area (TPSA) is 100 Å². The van der Waals surface area contributed by atoms with Gasteiger partial charge in [-0.2, -0.15) is 5.10 Å². The molecule has 8 nitrogen and oxygen atoms in total. The molecule has 1 aromatic carbocycles. The maximum Gasteiger partial charge on any atom is 0.324 e. The zero-order chi connectivity index (χ0) is 18.7. The second kappa shape index (κ2) is 7.76. The molecule has 0 bridgehead atoms. The minimum Gasteiger partial charge on any atom is -0.322 e. The summed E-state index contributed by atoms with van der Waals surface area (Å²) in [5, 5.41) is 16.6. The first kappa shape index (κ1) is 18.2. The lowest BCUT2D eigenvalue weighted by Crippen LogP contribution is -2.53. The lowest BCUT2D eigenvalue weighted by atomic mass is 10.1. The van der Waals surface area contributed by atoms with E-state index in [0.717, 1.165) is 12.1 Å². The molecule has 0 aliphatic carbocycles. The van der Waals surface area contributed by atoms with E-state index in [-0.39, 0.29) is 11.9 Å². The van der Waals surface area contributed by atoms with Gasteiger partial charge in [-0.25, -0.2) is 9.48 Å². The van der Waals surface area contributed by atoms with Gasteiger partial charge in [0.05, 0.1) is 5.69 Å². The van der Waals surface area contributed by atoms with Crippen LogP contribution in [0.15, 0.2) is 30.3 Å². The van der Waals surface area contributed by atoms with Gasteiger partial charge in [-0.3, -0.25) is 15.4 Å². The van der Waals surface area contributed by atoms with E-state index in [1.807, 2.05) is 13.8 Å². The van der Waals surface area contributed by atoms with E-state index < -0.39 is 12.3 Å². The van der Waals surface area contributed by atoms with Gasteiger partial charge in [0.15, 0.2) is 6.29 Å². The summed E-state index contributed by atoms with van der Waals surface area (Å²) in [4.78, 5) is 24.2. The number of rotatable bonds is 4. The van der Waals surface area contributed by atoms with E-state index in [0.29, 0.717) is 22.9 Å². The van der Waals surface area contributed by atoms with Crippen LogP contribution in [0, 0.1) is 6.92 Å². The molecule has 1 aromatic heterocycles. The standard InChI is InChI=1S/C17H21ClN6O2/c1-3-12-9-15(25)22-16(19-12)24-14(8-10(2)23-24)21-17(26)20-13-6-4-11(18)5-7-13/h4-8,12,16,19H,3,9H2,1-2H3,(H,22,25)(H2,20,21,26). The van der Waals surface area contributed by atoms with Gasteiger partial charge < -0.3 is 10.6 Å². The number of hydrogen-bond donors (Lipinski definition) is 4. The van der Waals surface area contributed by atoms with Crippen LogP contribution in [0.3, 0.4) is 0 Å². The van der Waals surface area contributed by atoms with E-state index in [9.17, 15) is 9.59 Å². The molecule has 2 aromatic rings. The lowest BCUT2D eigenvalue weighted by Gasteiger charge is -2.31. The third kappa shape index (κ3) is 4.33. The summed E-state index contributed by atoms with van der Waals surface area (Å²) in [6, 6.07) is 8.19. The Labute approximate surface area is 156 Å². The van der Waals surface area contributed by atoms with Crippen LogP contribution in [0.5, 0.6) is 0 Å². The molecule has 1 aliphatic rings. The fraction of sp³-hybridized carbons (Fsp3) is 0.353. The summed E-state index contributed by atoms with van der Waals surface area (Å²) in [5.41, 5.74) is 1.34. The fourth-order valence-electron chi connectivity index (χ4n) is 2.77. The Balaban J connectivity index is 1.73. The molecule has 3 amide bonds. The maximum atomic E-state index is 12.3. The average molecular weight is 377 g/mol. The average Bonchev–Trinajstić information content (AvgIpc) is 2.96. The SMILES string of the molecule is CCC1CC(=O)NC(n2nc(C)cc2NC(=O)Nc2ccc(Cl)cc2)N1. The van der Waals surface area contributed by atoms with Gasteiger partial charge >= 0.3 is 6.03 Å². The summed E-state index contributed by atoms with van der Waals surface area (Å²) in [7, 11) is 0. The Morgan fingerprint density at radius 2 is 2.08 bits per heavy atom. The van der Waals surface area contributed by atoms with Crippen molar-refractivity contribution in [2.24, 2.45) is 0 Å². The molecule has 2 heterocycles. The van der Waals surface area contributed by atoms with Crippen molar-refractivity contribution < 1.29 is 9.59 Å². The molecule has 0 spiro atoms. The highest BCUT2D eigenvalue weighted by atomic mass is 35.5. The van der Waals surface area contributed by atoms with E-state index in [2.05, 4.69) is 26.4 Å². The van der Waals surface area contributed by atoms with Crippen molar-refractivity contribution in [1.29, 1.82) is 0 Å². The summed E-state index contributed by atoms with van der Waals surface area (Å²) in [5.74, 6) is 0.425. The van der Waals surface area contributed by atoms with Crippen LogP contribution in [0.25, 0.3) is 0 Å². The highest BCUT2D eigenvalue weighted by Gasteiger charge is 2.28. The minimum absolute atomic E-state index is 0.0506. The zero-order valence-corrected chi connectivity index (χ0v) is 15.3. The molecule has 138 valence electrons. The molecule has 1 saturated heterocycles. The van der Waals surface area contributed by atoms with Crippen LogP contribution in [0.4, 0.5) is 16.3 Å². The molecule has 1 fully saturated rings. The molecule has 0 radical (unpaired) electrons. The highest BCUT2D eigenvalue weighted by molar-refractivity contribution is 6.30. The molecular weight excluding hydrogens is 356 g/mol. The van der Waals surface area contributed by atoms with Crippen molar-refractivity contribution in [2.75, 3.05) is 10.6 Å². The van der Waals surface area contributed by atoms with E-state index in [1.165, 1.54) is 0 Å². The summed E-state index contributed by atoms with van der Waals surface area (Å²) >= 11 is 5.84. The predicted octanol–water partition coefficient (Wildman–Crippen LogP) is 2.83. The number of halogens is 1. The Bertz CT molecular complexity index is 804. The monoisotopic (exact) mass is 376 g/mol. The van der Waals surface area contributed by atoms with Gasteiger partial charge in [-0.05, 0) is 37.6 Å². The number of amides is 3. The number of carbonyl (C=O) groups excluding carboxylic acids is 2. The normalized spacial score (nSPS) is 19.7. The molecule has 26 heavy (non-hydrogen) atoms. The Morgan fingerprint density at radius 1 is 1.35 bits per heavy atom. The van der Waals surface area contributed by atoms with Crippen LogP contribution in [-0.4, -0.2) is 27.8 Å². The lowest BCUT2D eigenvalue weighted by molar-refractivity contribution is -0.125. The van der Waals surface area contributed by atoms with E-state index >= 15 is 0 Å². The molecule has 4 N–H and O–H groups in total. The van der Waals surface area contributed by atoms with E-state index in [1.54, 1.807) is 35.0 Å². The first-order chi connectivity index (χ1) is 12.4. The van der Waals surface area contributed by atoms with Crippen molar-refractivity contribution in [3.8, 4) is 0 Å². The van der Waals surface area contributed by atoms with Crippen LogP contribution in [0.2, 0.25) is 5.02 Å². The molecule has 1 aliphatic heterocycles. The third-order valence-electron chi connectivity index (χ3n) is 4.06.